The number of benzene rings is 2. The third-order valence-corrected chi connectivity index (χ3v) is 5.28. The van der Waals surface area contributed by atoms with Gasteiger partial charge in [0.05, 0.1) is 4.90 Å². The van der Waals surface area contributed by atoms with E-state index in [4.69, 9.17) is 0 Å². The van der Waals surface area contributed by atoms with Crippen LogP contribution in [0.5, 0.6) is 0 Å². The molecule has 2 rings (SSSR count). The van der Waals surface area contributed by atoms with E-state index < -0.39 is 27.2 Å². The molecule has 21 heavy (non-hydrogen) atoms. The molecule has 110 valence electrons. The van der Waals surface area contributed by atoms with Crippen molar-refractivity contribution in [2.75, 3.05) is 12.0 Å². The second-order valence-electron chi connectivity index (χ2n) is 4.36. The van der Waals surface area contributed by atoms with Crippen molar-refractivity contribution >= 4 is 27.4 Å². The van der Waals surface area contributed by atoms with Crippen molar-refractivity contribution < 1.29 is 17.6 Å². The van der Waals surface area contributed by atoms with Crippen LogP contribution in [0.4, 0.5) is 4.39 Å². The Bertz CT molecular complexity index is 735. The quantitative estimate of drug-likeness (QED) is 0.481. The van der Waals surface area contributed by atoms with E-state index in [2.05, 4.69) is 0 Å². The van der Waals surface area contributed by atoms with Gasteiger partial charge in [0, 0.05) is 10.5 Å². The third kappa shape index (κ3) is 3.92. The molecule has 0 aliphatic carbocycles. The van der Waals surface area contributed by atoms with E-state index in [9.17, 15) is 17.6 Å². The monoisotopic (exact) mass is 324 g/mol. The largest absolute Gasteiger partial charge is 0.293 e. The molecule has 0 unspecified atom stereocenters. The topological polar surface area (TPSA) is 51.2 Å². The first-order valence-electron chi connectivity index (χ1n) is 6.08. The number of ketones is 1. The first-order valence-corrected chi connectivity index (χ1v) is 8.95. The van der Waals surface area contributed by atoms with Crippen LogP contribution in [0.15, 0.2) is 58.3 Å². The number of rotatable bonds is 5. The molecule has 2 aromatic carbocycles. The molecule has 6 heteroatoms. The van der Waals surface area contributed by atoms with Crippen molar-refractivity contribution in [2.45, 2.75) is 9.79 Å². The maximum absolute atomic E-state index is 12.8. The molecule has 0 bridgehead atoms. The van der Waals surface area contributed by atoms with Crippen LogP contribution in [0.1, 0.15) is 10.4 Å². The summed E-state index contributed by atoms with van der Waals surface area (Å²) in [4.78, 5) is 13.0. The average molecular weight is 324 g/mol. The van der Waals surface area contributed by atoms with Crippen LogP contribution in [0, 0.1) is 5.82 Å². The summed E-state index contributed by atoms with van der Waals surface area (Å²) >= 11 is 1.54. The van der Waals surface area contributed by atoms with Crippen molar-refractivity contribution in [2.24, 2.45) is 0 Å². The number of hydrogen-bond acceptors (Lipinski definition) is 4. The zero-order valence-corrected chi connectivity index (χ0v) is 12.9. The van der Waals surface area contributed by atoms with Gasteiger partial charge in [-0.3, -0.25) is 4.79 Å². The van der Waals surface area contributed by atoms with E-state index in [-0.39, 0.29) is 4.90 Å². The van der Waals surface area contributed by atoms with Gasteiger partial charge in [-0.25, -0.2) is 12.8 Å². The van der Waals surface area contributed by atoms with Gasteiger partial charge in [-0.2, -0.15) is 0 Å². The number of carbonyl (C=O) groups excluding carboxylic acids is 1. The lowest BCUT2D eigenvalue weighted by atomic mass is 10.1. The average Bonchev–Trinajstić information content (AvgIpc) is 2.47. The Morgan fingerprint density at radius 2 is 1.62 bits per heavy atom. The Hall–Kier alpha value is -1.66. The lowest BCUT2D eigenvalue weighted by Crippen LogP contribution is -2.16. The Balaban J connectivity index is 2.19. The molecule has 0 aromatic heterocycles. The minimum absolute atomic E-state index is 0.0574. The molecule has 0 aliphatic heterocycles. The molecule has 0 saturated carbocycles. The molecule has 0 amide bonds. The van der Waals surface area contributed by atoms with E-state index in [0.29, 0.717) is 5.56 Å². The van der Waals surface area contributed by atoms with E-state index >= 15 is 0 Å². The number of halogens is 1. The smallest absolute Gasteiger partial charge is 0.185 e. The molecule has 0 atom stereocenters. The first kappa shape index (κ1) is 15.7. The van der Waals surface area contributed by atoms with Crippen molar-refractivity contribution in [1.82, 2.24) is 0 Å². The molecular formula is C15H13FO3S2. The summed E-state index contributed by atoms with van der Waals surface area (Å²) in [6.45, 7) is 0. The van der Waals surface area contributed by atoms with Crippen LogP contribution < -0.4 is 0 Å². The summed E-state index contributed by atoms with van der Waals surface area (Å²) < 4.78 is 37.0. The van der Waals surface area contributed by atoms with Gasteiger partial charge in [-0.1, -0.05) is 12.1 Å². The molecule has 0 fully saturated rings. The SMILES string of the molecule is CSc1ccc(C(=O)CS(=O)(=O)c2ccc(F)cc2)cc1. The molecule has 0 spiro atoms. The minimum Gasteiger partial charge on any atom is -0.293 e. The second kappa shape index (κ2) is 6.41. The van der Waals surface area contributed by atoms with Crippen molar-refractivity contribution in [3.8, 4) is 0 Å². The lowest BCUT2D eigenvalue weighted by Gasteiger charge is -2.05. The molecule has 0 radical (unpaired) electrons. The summed E-state index contributed by atoms with van der Waals surface area (Å²) in [6, 6.07) is 11.2. The summed E-state index contributed by atoms with van der Waals surface area (Å²) in [6.07, 6.45) is 1.91. The zero-order chi connectivity index (χ0) is 15.5. The van der Waals surface area contributed by atoms with Crippen LogP contribution in [-0.4, -0.2) is 26.2 Å². The standard InChI is InChI=1S/C15H13FO3S2/c1-20-13-6-2-11(3-7-13)15(17)10-21(18,19)14-8-4-12(16)5-9-14/h2-9H,10H2,1H3. The van der Waals surface area contributed by atoms with E-state index in [1.54, 1.807) is 24.3 Å². The van der Waals surface area contributed by atoms with Gasteiger partial charge in [-0.15, -0.1) is 11.8 Å². The van der Waals surface area contributed by atoms with E-state index in [1.165, 1.54) is 11.8 Å². The highest BCUT2D eigenvalue weighted by molar-refractivity contribution is 7.98. The fourth-order valence-electron chi connectivity index (χ4n) is 1.76. The van der Waals surface area contributed by atoms with Crippen LogP contribution in [0.3, 0.4) is 0 Å². The van der Waals surface area contributed by atoms with Gasteiger partial charge >= 0.3 is 0 Å². The predicted octanol–water partition coefficient (Wildman–Crippen LogP) is 3.20. The van der Waals surface area contributed by atoms with Gasteiger partial charge in [0.15, 0.2) is 15.6 Å². The number of thioether (sulfide) groups is 1. The van der Waals surface area contributed by atoms with Gasteiger partial charge in [0.1, 0.15) is 11.6 Å². The summed E-state index contributed by atoms with van der Waals surface area (Å²) in [7, 11) is -3.76. The molecule has 3 nitrogen and oxygen atoms in total. The van der Waals surface area contributed by atoms with Gasteiger partial charge in [0.25, 0.3) is 0 Å². The Labute approximate surface area is 127 Å². The van der Waals surface area contributed by atoms with Gasteiger partial charge in [0.2, 0.25) is 0 Å². The molecule has 0 saturated heterocycles. The highest BCUT2D eigenvalue weighted by Crippen LogP contribution is 2.17. The van der Waals surface area contributed by atoms with Gasteiger partial charge in [-0.05, 0) is 42.7 Å². The van der Waals surface area contributed by atoms with Crippen molar-refractivity contribution in [3.63, 3.8) is 0 Å². The third-order valence-electron chi connectivity index (χ3n) is 2.91. The Morgan fingerprint density at radius 3 is 2.14 bits per heavy atom. The van der Waals surface area contributed by atoms with Crippen LogP contribution in [-0.2, 0) is 9.84 Å². The lowest BCUT2D eigenvalue weighted by molar-refractivity contribution is 0.102. The molecule has 0 N–H and O–H groups in total. The number of sulfone groups is 1. The van der Waals surface area contributed by atoms with E-state index in [1.807, 2.05) is 6.26 Å². The second-order valence-corrected chi connectivity index (χ2v) is 7.23. The van der Waals surface area contributed by atoms with E-state index in [0.717, 1.165) is 29.2 Å². The Morgan fingerprint density at radius 1 is 1.05 bits per heavy atom. The van der Waals surface area contributed by atoms with Crippen molar-refractivity contribution in [1.29, 1.82) is 0 Å². The molecule has 0 heterocycles. The van der Waals surface area contributed by atoms with Crippen LogP contribution in [0.2, 0.25) is 0 Å². The summed E-state index contributed by atoms with van der Waals surface area (Å²) in [5, 5.41) is 0. The zero-order valence-electron chi connectivity index (χ0n) is 11.2. The maximum Gasteiger partial charge on any atom is 0.185 e. The molecular weight excluding hydrogens is 311 g/mol. The van der Waals surface area contributed by atoms with Crippen LogP contribution >= 0.6 is 11.8 Å². The molecule has 0 aliphatic rings. The Kier molecular flexibility index (Phi) is 4.80. The van der Waals surface area contributed by atoms with Crippen LogP contribution in [0.25, 0.3) is 0 Å². The molecule has 2 aromatic rings. The summed E-state index contributed by atoms with van der Waals surface area (Å²) in [5.74, 6) is -1.63. The number of hydrogen-bond donors (Lipinski definition) is 0. The predicted molar refractivity (Wildman–Crippen MR) is 81.0 cm³/mol. The highest BCUT2D eigenvalue weighted by atomic mass is 32.2. The number of carbonyl (C=O) groups is 1. The fourth-order valence-corrected chi connectivity index (χ4v) is 3.40. The highest BCUT2D eigenvalue weighted by Gasteiger charge is 2.20. The fraction of sp³-hybridized carbons (Fsp3) is 0.133. The van der Waals surface area contributed by atoms with Crippen molar-refractivity contribution in [3.05, 3.63) is 59.9 Å². The first-order chi connectivity index (χ1) is 9.92. The number of Topliss-reactive ketones (excluding diaryl/α,β-unsaturated/α-hetero) is 1. The van der Waals surface area contributed by atoms with Gasteiger partial charge < -0.3 is 0 Å². The minimum atomic E-state index is -3.76. The summed E-state index contributed by atoms with van der Waals surface area (Å²) in [5.41, 5.74) is 0.346. The normalized spacial score (nSPS) is 11.3. The maximum atomic E-state index is 12.8.